The van der Waals surface area contributed by atoms with Gasteiger partial charge in [-0.1, -0.05) is 322 Å². The van der Waals surface area contributed by atoms with Gasteiger partial charge in [-0.05, 0) is 12.8 Å². The van der Waals surface area contributed by atoms with Crippen molar-refractivity contribution in [3.05, 3.63) is 0 Å². The van der Waals surface area contributed by atoms with Gasteiger partial charge in [-0.3, -0.25) is 9.35 Å². The van der Waals surface area contributed by atoms with E-state index >= 15 is 0 Å². The van der Waals surface area contributed by atoms with E-state index in [-0.39, 0.29) is 12.5 Å². The number of amides is 1. The van der Waals surface area contributed by atoms with Crippen molar-refractivity contribution in [1.82, 2.24) is 5.32 Å². The van der Waals surface area contributed by atoms with Crippen molar-refractivity contribution in [2.75, 3.05) is 13.2 Å². The molecular weight excluding hydrogens is 979 g/mol. The van der Waals surface area contributed by atoms with Gasteiger partial charge in [0, 0.05) is 6.42 Å². The molecule has 6 N–H and O–H groups in total. The van der Waals surface area contributed by atoms with Crippen LogP contribution in [0.1, 0.15) is 341 Å². The van der Waals surface area contributed by atoms with Crippen LogP contribution < -0.4 is 5.32 Å². The second-order valence-electron chi connectivity index (χ2n) is 23.4. The van der Waals surface area contributed by atoms with Crippen molar-refractivity contribution in [3.8, 4) is 0 Å². The molecule has 0 bridgehead atoms. The zero-order chi connectivity index (χ0) is 55.4. The first kappa shape index (κ1) is 73.1. The Morgan fingerprint density at radius 1 is 0.474 bits per heavy atom. The highest BCUT2D eigenvalue weighted by Crippen LogP contribution is 2.27. The van der Waals surface area contributed by atoms with E-state index in [1.807, 2.05) is 0 Å². The molecule has 0 saturated carbocycles. The summed E-state index contributed by atoms with van der Waals surface area (Å²) in [6.45, 7) is 3.53. The minimum absolute atomic E-state index is 0.220. The average molecular weight is 1100 g/mol. The van der Waals surface area contributed by atoms with E-state index in [0.29, 0.717) is 12.8 Å². The molecule has 1 saturated heterocycles. The number of ether oxygens (including phenoxy) is 2. The zero-order valence-corrected chi connectivity index (χ0v) is 50.4. The topological polar surface area (TPSA) is 192 Å². The van der Waals surface area contributed by atoms with Crippen LogP contribution >= 0.6 is 0 Å². The van der Waals surface area contributed by atoms with Crippen molar-refractivity contribution < 1.29 is 51.8 Å². The van der Waals surface area contributed by atoms with Crippen LogP contribution in [0.5, 0.6) is 0 Å². The molecule has 1 aliphatic heterocycles. The van der Waals surface area contributed by atoms with Crippen LogP contribution in [0, 0.1) is 0 Å². The average Bonchev–Trinajstić information content (AvgIpc) is 3.40. The Bertz CT molecular complexity index is 1340. The monoisotopic (exact) mass is 1100 g/mol. The molecule has 7 unspecified atom stereocenters. The van der Waals surface area contributed by atoms with Crippen LogP contribution in [0.4, 0.5) is 0 Å². The molecular formula is C63H125NO11S. The summed E-state index contributed by atoms with van der Waals surface area (Å²) in [4.78, 5) is 13.2. The highest BCUT2D eigenvalue weighted by atomic mass is 32.3. The van der Waals surface area contributed by atoms with Crippen molar-refractivity contribution in [2.45, 2.75) is 384 Å². The van der Waals surface area contributed by atoms with Crippen molar-refractivity contribution in [3.63, 3.8) is 0 Å². The Balaban J connectivity index is 2.27. The number of carbonyl (C=O) groups is 1. The number of carbonyl (C=O) groups excluding carboxylic acids is 1. The lowest BCUT2D eigenvalue weighted by atomic mass is 9.99. The molecule has 1 rings (SSSR count). The Morgan fingerprint density at radius 3 is 1.05 bits per heavy atom. The van der Waals surface area contributed by atoms with Gasteiger partial charge in [0.2, 0.25) is 5.91 Å². The van der Waals surface area contributed by atoms with Gasteiger partial charge in [0.1, 0.15) is 24.4 Å². The van der Waals surface area contributed by atoms with E-state index in [2.05, 4.69) is 23.3 Å². The third kappa shape index (κ3) is 44.8. The van der Waals surface area contributed by atoms with Gasteiger partial charge < -0.3 is 35.2 Å². The molecule has 76 heavy (non-hydrogen) atoms. The van der Waals surface area contributed by atoms with Crippen molar-refractivity contribution >= 4 is 16.3 Å². The fourth-order valence-corrected chi connectivity index (χ4v) is 11.6. The minimum Gasteiger partial charge on any atom is -0.394 e. The van der Waals surface area contributed by atoms with Crippen LogP contribution in [0.25, 0.3) is 0 Å². The van der Waals surface area contributed by atoms with Crippen LogP contribution in [-0.2, 0) is 28.9 Å². The molecule has 0 aromatic heterocycles. The van der Waals surface area contributed by atoms with Crippen LogP contribution in [0.15, 0.2) is 0 Å². The Hall–Kier alpha value is -0.900. The van der Waals surface area contributed by atoms with Gasteiger partial charge >= 0.3 is 10.4 Å². The lowest BCUT2D eigenvalue weighted by Crippen LogP contribution is -2.61. The maximum Gasteiger partial charge on any atom is 0.397 e. The Labute approximate surface area is 468 Å². The lowest BCUT2D eigenvalue weighted by molar-refractivity contribution is -0.298. The summed E-state index contributed by atoms with van der Waals surface area (Å²) < 4.78 is 48.1. The summed E-state index contributed by atoms with van der Waals surface area (Å²) in [5, 5.41) is 45.3. The van der Waals surface area contributed by atoms with Crippen molar-refractivity contribution in [2.24, 2.45) is 0 Å². The second-order valence-corrected chi connectivity index (χ2v) is 24.5. The highest BCUT2D eigenvalue weighted by Gasteiger charge is 2.48. The molecule has 0 spiro atoms. The number of hydrogen-bond donors (Lipinski definition) is 6. The SMILES string of the molecule is CCCCCCCCCCCCCCCCCCCCCCCCCCCC(O)C(COC1OC(CO)C(O)C(OS(=O)(=O)O)C1O)NC(=O)CCCCCCCCCCCCCCCCCCCCCCCCCC. The highest BCUT2D eigenvalue weighted by molar-refractivity contribution is 7.80. The van der Waals surface area contributed by atoms with Crippen LogP contribution in [-0.4, -0.2) is 95.4 Å². The fourth-order valence-electron chi connectivity index (χ4n) is 11.1. The predicted octanol–water partition coefficient (Wildman–Crippen LogP) is 16.4. The van der Waals surface area contributed by atoms with Gasteiger partial charge in [0.25, 0.3) is 0 Å². The first-order valence-corrected chi connectivity index (χ1v) is 34.3. The summed E-state index contributed by atoms with van der Waals surface area (Å²) in [5.74, 6) is -0.220. The molecule has 0 aromatic carbocycles. The molecule has 7 atom stereocenters. The van der Waals surface area contributed by atoms with E-state index in [1.54, 1.807) is 0 Å². The van der Waals surface area contributed by atoms with Crippen molar-refractivity contribution in [1.29, 1.82) is 0 Å². The van der Waals surface area contributed by atoms with E-state index in [4.69, 9.17) is 9.47 Å². The second kappa shape index (κ2) is 53.4. The first-order valence-electron chi connectivity index (χ1n) is 32.9. The summed E-state index contributed by atoms with van der Waals surface area (Å²) in [6, 6.07) is -0.854. The molecule has 13 heteroatoms. The van der Waals surface area contributed by atoms with Gasteiger partial charge in [-0.2, -0.15) is 8.42 Å². The number of nitrogens with one attached hydrogen (secondary N) is 1. The number of unbranched alkanes of at least 4 members (excludes halogenated alkanes) is 47. The Morgan fingerprint density at radius 2 is 0.763 bits per heavy atom. The van der Waals surface area contributed by atoms with E-state index in [9.17, 15) is 38.2 Å². The summed E-state index contributed by atoms with van der Waals surface area (Å²) in [7, 11) is -5.08. The molecule has 0 radical (unpaired) electrons. The lowest BCUT2D eigenvalue weighted by Gasteiger charge is -2.41. The molecule has 0 aromatic rings. The van der Waals surface area contributed by atoms with Gasteiger partial charge in [-0.25, -0.2) is 4.18 Å². The number of rotatable bonds is 59. The maximum absolute atomic E-state index is 13.2. The minimum atomic E-state index is -5.08. The summed E-state index contributed by atoms with van der Waals surface area (Å²) in [6.07, 6.45) is 55.5. The third-order valence-electron chi connectivity index (χ3n) is 16.2. The first-order chi connectivity index (χ1) is 37.0. The quantitative estimate of drug-likeness (QED) is 0.0251. The zero-order valence-electron chi connectivity index (χ0n) is 49.6. The normalized spacial score (nSPS) is 18.9. The number of aliphatic hydroxyl groups is 4. The summed E-state index contributed by atoms with van der Waals surface area (Å²) >= 11 is 0. The smallest absolute Gasteiger partial charge is 0.394 e. The molecule has 12 nitrogen and oxygen atoms in total. The molecule has 1 heterocycles. The third-order valence-corrected chi connectivity index (χ3v) is 16.6. The largest absolute Gasteiger partial charge is 0.397 e. The standard InChI is InChI=1S/C63H125NO11S/c1-3-5-7-9-11-13-15-17-19-21-23-25-27-29-30-32-34-36-38-40-42-44-46-48-50-52-57(66)56(55-73-63-61(69)62(75-76(70,71)72)60(68)58(54-65)74-63)64-59(67)53-51-49-47-45-43-41-39-37-35-33-31-28-26-24-22-20-18-16-14-12-10-8-6-4-2/h56-58,60-63,65-66,68-69H,3-55H2,1-2H3,(H,64,67)(H,70,71,72). The van der Waals surface area contributed by atoms with Gasteiger partial charge in [0.05, 0.1) is 25.4 Å². The number of aliphatic hydroxyl groups excluding tert-OH is 4. The predicted molar refractivity (Wildman–Crippen MR) is 315 cm³/mol. The van der Waals surface area contributed by atoms with E-state index < -0.39 is 59.9 Å². The van der Waals surface area contributed by atoms with Crippen LogP contribution in [0.2, 0.25) is 0 Å². The number of hydrogen-bond acceptors (Lipinski definition) is 10. The maximum atomic E-state index is 13.2. The van der Waals surface area contributed by atoms with Crippen LogP contribution in [0.3, 0.4) is 0 Å². The van der Waals surface area contributed by atoms with E-state index in [0.717, 1.165) is 51.4 Å². The van der Waals surface area contributed by atoms with Gasteiger partial charge in [-0.15, -0.1) is 0 Å². The molecule has 1 fully saturated rings. The summed E-state index contributed by atoms with van der Waals surface area (Å²) in [5.41, 5.74) is 0. The Kier molecular flexibility index (Phi) is 51.4. The van der Waals surface area contributed by atoms with Gasteiger partial charge in [0.15, 0.2) is 6.29 Å². The molecule has 1 aliphatic rings. The fraction of sp³-hybridized carbons (Fsp3) is 0.984. The molecule has 0 aliphatic carbocycles. The van der Waals surface area contributed by atoms with E-state index in [1.165, 1.54) is 263 Å². The molecule has 1 amide bonds. The molecule has 454 valence electrons.